The van der Waals surface area contributed by atoms with Crippen LogP contribution in [0.15, 0.2) is 54.6 Å². The molecule has 1 aliphatic carbocycles. The Morgan fingerprint density at radius 1 is 1.07 bits per heavy atom. The van der Waals surface area contributed by atoms with E-state index in [1.54, 1.807) is 6.07 Å². The highest BCUT2D eigenvalue weighted by Gasteiger charge is 2.20. The first-order valence-corrected chi connectivity index (χ1v) is 9.37. The molecule has 3 N–H and O–H groups in total. The summed E-state index contributed by atoms with van der Waals surface area (Å²) in [6, 6.07) is 16.2. The van der Waals surface area contributed by atoms with Crippen LogP contribution in [0.5, 0.6) is 0 Å². The van der Waals surface area contributed by atoms with Crippen molar-refractivity contribution < 1.29 is 14.3 Å². The number of aromatic nitrogens is 1. The number of hydrogen-bond donors (Lipinski definition) is 3. The van der Waals surface area contributed by atoms with Crippen molar-refractivity contribution in [2.75, 3.05) is 5.32 Å². The number of anilines is 1. The Kier molecular flexibility index (Phi) is 3.91. The number of benzene rings is 3. The van der Waals surface area contributed by atoms with Gasteiger partial charge in [-0.05, 0) is 65.9 Å². The summed E-state index contributed by atoms with van der Waals surface area (Å²) >= 11 is 0. The van der Waals surface area contributed by atoms with Gasteiger partial charge in [-0.1, -0.05) is 18.2 Å². The fraction of sp³-hybridized carbons (Fsp3) is 0.174. The van der Waals surface area contributed by atoms with Gasteiger partial charge in [-0.25, -0.2) is 4.39 Å². The van der Waals surface area contributed by atoms with E-state index in [1.165, 1.54) is 12.1 Å². The van der Waals surface area contributed by atoms with Gasteiger partial charge in [0.1, 0.15) is 5.82 Å². The quantitative estimate of drug-likeness (QED) is 0.490. The average molecular weight is 374 g/mol. The summed E-state index contributed by atoms with van der Waals surface area (Å²) in [5, 5.41) is 14.9. The minimum absolute atomic E-state index is 0.117. The van der Waals surface area contributed by atoms with Gasteiger partial charge in [0, 0.05) is 27.5 Å². The second-order valence-corrected chi connectivity index (χ2v) is 7.39. The number of amides is 1. The van der Waals surface area contributed by atoms with E-state index in [0.29, 0.717) is 5.69 Å². The highest BCUT2D eigenvalue weighted by atomic mass is 19.1. The van der Waals surface area contributed by atoms with E-state index in [-0.39, 0.29) is 18.1 Å². The minimum Gasteiger partial charge on any atom is -0.388 e. The number of carbonyl (C=O) groups is 1. The number of rotatable bonds is 3. The highest BCUT2D eigenvalue weighted by molar-refractivity contribution is 6.07. The number of fused-ring (bicyclic) bond motifs is 4. The predicted octanol–water partition coefficient (Wildman–Crippen LogP) is 4.62. The molecule has 1 unspecified atom stereocenters. The third-order valence-corrected chi connectivity index (χ3v) is 5.47. The van der Waals surface area contributed by atoms with Crippen molar-refractivity contribution in [3.05, 3.63) is 77.1 Å². The standard InChI is InChI=1S/C23H19FN2O2/c24-15-4-7-18-17-6-1-13(9-20(17)26-21(18)11-15)10-23(28)25-16-5-2-14-3-8-22(27)19(14)12-16/h1-2,4-7,9,11-12,22,26-27H,3,8,10H2,(H,25,28). The molecule has 1 aromatic heterocycles. The summed E-state index contributed by atoms with van der Waals surface area (Å²) in [5.41, 5.74) is 5.25. The molecule has 28 heavy (non-hydrogen) atoms. The van der Waals surface area contributed by atoms with Crippen LogP contribution in [0.3, 0.4) is 0 Å². The highest BCUT2D eigenvalue weighted by Crippen LogP contribution is 2.33. The topological polar surface area (TPSA) is 65.1 Å². The Morgan fingerprint density at radius 2 is 1.86 bits per heavy atom. The van der Waals surface area contributed by atoms with Crippen molar-refractivity contribution in [2.24, 2.45) is 0 Å². The summed E-state index contributed by atoms with van der Waals surface area (Å²) in [6.45, 7) is 0. The monoisotopic (exact) mass is 374 g/mol. The summed E-state index contributed by atoms with van der Waals surface area (Å²) in [4.78, 5) is 15.7. The smallest absolute Gasteiger partial charge is 0.228 e. The van der Waals surface area contributed by atoms with Crippen molar-refractivity contribution in [3.63, 3.8) is 0 Å². The lowest BCUT2D eigenvalue weighted by atomic mass is 10.1. The molecule has 0 saturated carbocycles. The molecule has 0 bridgehead atoms. The lowest BCUT2D eigenvalue weighted by Gasteiger charge is -2.09. The molecular formula is C23H19FN2O2. The Labute approximate surface area is 161 Å². The summed E-state index contributed by atoms with van der Waals surface area (Å²) in [6.07, 6.45) is 1.40. The maximum Gasteiger partial charge on any atom is 0.228 e. The zero-order valence-corrected chi connectivity index (χ0v) is 15.1. The summed E-state index contributed by atoms with van der Waals surface area (Å²) in [7, 11) is 0. The molecule has 1 heterocycles. The van der Waals surface area contributed by atoms with Crippen molar-refractivity contribution in [1.82, 2.24) is 4.98 Å². The largest absolute Gasteiger partial charge is 0.388 e. The molecule has 0 saturated heterocycles. The lowest BCUT2D eigenvalue weighted by Crippen LogP contribution is -2.14. The maximum atomic E-state index is 13.4. The first kappa shape index (κ1) is 17.0. The summed E-state index contributed by atoms with van der Waals surface area (Å²) in [5.74, 6) is -0.396. The van der Waals surface area contributed by atoms with Crippen LogP contribution in [-0.4, -0.2) is 16.0 Å². The Bertz CT molecular complexity index is 1230. The zero-order chi connectivity index (χ0) is 19.3. The predicted molar refractivity (Wildman–Crippen MR) is 108 cm³/mol. The van der Waals surface area contributed by atoms with Crippen LogP contribution >= 0.6 is 0 Å². The molecule has 3 aromatic carbocycles. The molecule has 140 valence electrons. The van der Waals surface area contributed by atoms with Gasteiger partial charge in [0.25, 0.3) is 0 Å². The fourth-order valence-electron chi connectivity index (χ4n) is 4.09. The van der Waals surface area contributed by atoms with Crippen molar-refractivity contribution in [3.8, 4) is 0 Å². The normalized spacial score (nSPS) is 15.9. The van der Waals surface area contributed by atoms with Gasteiger partial charge < -0.3 is 15.4 Å². The van der Waals surface area contributed by atoms with Crippen LogP contribution in [-0.2, 0) is 17.6 Å². The molecular weight excluding hydrogens is 355 g/mol. The van der Waals surface area contributed by atoms with Crippen LogP contribution in [0.2, 0.25) is 0 Å². The number of aliphatic hydroxyl groups is 1. The number of halogens is 1. The SMILES string of the molecule is O=C(Cc1ccc2c(c1)[nH]c1cc(F)ccc12)Nc1ccc2c(c1)C(O)CC2. The van der Waals surface area contributed by atoms with Gasteiger partial charge in [-0.15, -0.1) is 0 Å². The van der Waals surface area contributed by atoms with E-state index < -0.39 is 6.10 Å². The second-order valence-electron chi connectivity index (χ2n) is 7.39. The zero-order valence-electron chi connectivity index (χ0n) is 15.1. The van der Waals surface area contributed by atoms with E-state index in [4.69, 9.17) is 0 Å². The second kappa shape index (κ2) is 6.46. The molecule has 0 radical (unpaired) electrons. The van der Waals surface area contributed by atoms with Gasteiger partial charge in [-0.3, -0.25) is 4.79 Å². The minimum atomic E-state index is -0.443. The molecule has 4 nitrogen and oxygen atoms in total. The van der Waals surface area contributed by atoms with Crippen molar-refractivity contribution >= 4 is 33.4 Å². The van der Waals surface area contributed by atoms with Gasteiger partial charge in [0.15, 0.2) is 0 Å². The van der Waals surface area contributed by atoms with E-state index in [1.807, 2.05) is 36.4 Å². The molecule has 1 atom stereocenters. The van der Waals surface area contributed by atoms with Crippen LogP contribution in [0, 0.1) is 5.82 Å². The number of nitrogens with one attached hydrogen (secondary N) is 2. The van der Waals surface area contributed by atoms with Crippen LogP contribution in [0.25, 0.3) is 21.8 Å². The number of H-pyrrole nitrogens is 1. The number of aryl methyl sites for hydroxylation is 1. The average Bonchev–Trinajstić information content (AvgIpc) is 3.21. The Balaban J connectivity index is 1.37. The fourth-order valence-corrected chi connectivity index (χ4v) is 4.09. The molecule has 0 spiro atoms. The number of aromatic amines is 1. The van der Waals surface area contributed by atoms with Gasteiger partial charge in [0.2, 0.25) is 5.91 Å². The van der Waals surface area contributed by atoms with Gasteiger partial charge >= 0.3 is 0 Å². The molecule has 5 rings (SSSR count). The first-order chi connectivity index (χ1) is 13.6. The van der Waals surface area contributed by atoms with E-state index >= 15 is 0 Å². The molecule has 4 aromatic rings. The first-order valence-electron chi connectivity index (χ1n) is 9.37. The number of aliphatic hydroxyl groups excluding tert-OH is 1. The Hall–Kier alpha value is -3.18. The van der Waals surface area contributed by atoms with Crippen LogP contribution in [0.1, 0.15) is 29.2 Å². The van der Waals surface area contributed by atoms with E-state index in [9.17, 15) is 14.3 Å². The molecule has 0 aliphatic heterocycles. The molecule has 5 heteroatoms. The third kappa shape index (κ3) is 2.94. The van der Waals surface area contributed by atoms with Crippen molar-refractivity contribution in [1.29, 1.82) is 0 Å². The third-order valence-electron chi connectivity index (χ3n) is 5.47. The van der Waals surface area contributed by atoms with Gasteiger partial charge in [-0.2, -0.15) is 0 Å². The Morgan fingerprint density at radius 3 is 2.71 bits per heavy atom. The summed E-state index contributed by atoms with van der Waals surface area (Å²) < 4.78 is 13.4. The van der Waals surface area contributed by atoms with Crippen LogP contribution in [0.4, 0.5) is 10.1 Å². The molecule has 1 aliphatic rings. The lowest BCUT2D eigenvalue weighted by molar-refractivity contribution is -0.115. The maximum absolute atomic E-state index is 13.4. The van der Waals surface area contributed by atoms with Crippen LogP contribution < -0.4 is 5.32 Å². The number of carbonyl (C=O) groups excluding carboxylic acids is 1. The van der Waals surface area contributed by atoms with Crippen molar-refractivity contribution in [2.45, 2.75) is 25.4 Å². The van der Waals surface area contributed by atoms with Gasteiger partial charge in [0.05, 0.1) is 12.5 Å². The van der Waals surface area contributed by atoms with E-state index in [2.05, 4.69) is 10.3 Å². The number of hydrogen-bond acceptors (Lipinski definition) is 2. The molecule has 1 amide bonds. The van der Waals surface area contributed by atoms with E-state index in [0.717, 1.165) is 51.3 Å². The molecule has 0 fully saturated rings.